The standard InChI is InChI=1S/C11H19N3O/c1-13(2)5-3-9-8-14-6-4-10(15)7-11(14)12-9/h8,10,15H,3-7H2,1-2H3. The minimum absolute atomic E-state index is 0.193. The molecule has 4 heteroatoms. The van der Waals surface area contributed by atoms with Crippen LogP contribution in [0.15, 0.2) is 6.20 Å². The minimum atomic E-state index is -0.193. The molecular formula is C11H19N3O. The van der Waals surface area contributed by atoms with Crippen molar-refractivity contribution in [2.45, 2.75) is 31.9 Å². The van der Waals surface area contributed by atoms with Crippen molar-refractivity contribution in [1.82, 2.24) is 14.5 Å². The maximum atomic E-state index is 9.52. The molecule has 1 unspecified atom stereocenters. The third-order valence-electron chi connectivity index (χ3n) is 2.85. The van der Waals surface area contributed by atoms with Gasteiger partial charge in [-0.25, -0.2) is 4.98 Å². The zero-order valence-electron chi connectivity index (χ0n) is 9.48. The topological polar surface area (TPSA) is 41.3 Å². The van der Waals surface area contributed by atoms with E-state index >= 15 is 0 Å². The Bertz CT molecular complexity index is 333. The van der Waals surface area contributed by atoms with Crippen molar-refractivity contribution in [2.75, 3.05) is 20.6 Å². The average Bonchev–Trinajstić information content (AvgIpc) is 2.56. The molecule has 0 amide bonds. The summed E-state index contributed by atoms with van der Waals surface area (Å²) in [6.07, 6.45) is 4.49. The highest BCUT2D eigenvalue weighted by Gasteiger charge is 2.18. The summed E-state index contributed by atoms with van der Waals surface area (Å²) in [5.41, 5.74) is 1.15. The van der Waals surface area contributed by atoms with Crippen LogP contribution in [0.3, 0.4) is 0 Å². The van der Waals surface area contributed by atoms with Crippen LogP contribution in [0.4, 0.5) is 0 Å². The van der Waals surface area contributed by atoms with Crippen molar-refractivity contribution in [3.63, 3.8) is 0 Å². The highest BCUT2D eigenvalue weighted by atomic mass is 16.3. The highest BCUT2D eigenvalue weighted by Crippen LogP contribution is 2.15. The maximum absolute atomic E-state index is 9.52. The number of aromatic nitrogens is 2. The number of hydrogen-bond donors (Lipinski definition) is 1. The smallest absolute Gasteiger partial charge is 0.111 e. The molecule has 2 heterocycles. The van der Waals surface area contributed by atoms with Gasteiger partial charge in [0, 0.05) is 32.1 Å². The quantitative estimate of drug-likeness (QED) is 0.778. The molecule has 1 aliphatic heterocycles. The number of rotatable bonds is 3. The van der Waals surface area contributed by atoms with Gasteiger partial charge in [-0.3, -0.25) is 0 Å². The lowest BCUT2D eigenvalue weighted by Gasteiger charge is -2.18. The molecule has 15 heavy (non-hydrogen) atoms. The van der Waals surface area contributed by atoms with E-state index in [2.05, 4.69) is 34.7 Å². The molecule has 0 bridgehead atoms. The highest BCUT2D eigenvalue weighted by molar-refractivity contribution is 5.07. The van der Waals surface area contributed by atoms with E-state index in [0.717, 1.165) is 37.4 Å². The van der Waals surface area contributed by atoms with Crippen molar-refractivity contribution in [1.29, 1.82) is 0 Å². The van der Waals surface area contributed by atoms with E-state index in [1.54, 1.807) is 0 Å². The Balaban J connectivity index is 2.03. The summed E-state index contributed by atoms with van der Waals surface area (Å²) < 4.78 is 2.18. The van der Waals surface area contributed by atoms with Gasteiger partial charge >= 0.3 is 0 Å². The molecule has 0 saturated carbocycles. The number of aliphatic hydroxyl groups is 1. The van der Waals surface area contributed by atoms with E-state index < -0.39 is 0 Å². The number of aliphatic hydroxyl groups excluding tert-OH is 1. The van der Waals surface area contributed by atoms with Crippen LogP contribution in [-0.4, -0.2) is 46.3 Å². The van der Waals surface area contributed by atoms with Gasteiger partial charge in [-0.15, -0.1) is 0 Å². The second-order valence-electron chi connectivity index (χ2n) is 4.54. The first kappa shape index (κ1) is 10.6. The van der Waals surface area contributed by atoms with Crippen LogP contribution in [0.5, 0.6) is 0 Å². The van der Waals surface area contributed by atoms with Gasteiger partial charge in [0.2, 0.25) is 0 Å². The van der Waals surface area contributed by atoms with Gasteiger partial charge in [-0.05, 0) is 20.5 Å². The van der Waals surface area contributed by atoms with E-state index in [0.29, 0.717) is 6.42 Å². The summed E-state index contributed by atoms with van der Waals surface area (Å²) in [6.45, 7) is 1.93. The number of hydrogen-bond acceptors (Lipinski definition) is 3. The summed E-state index contributed by atoms with van der Waals surface area (Å²) in [5, 5.41) is 9.52. The predicted octanol–water partition coefficient (Wildman–Crippen LogP) is 0.294. The van der Waals surface area contributed by atoms with E-state index in [9.17, 15) is 5.11 Å². The van der Waals surface area contributed by atoms with Crippen molar-refractivity contribution < 1.29 is 5.11 Å². The molecule has 0 aliphatic carbocycles. The minimum Gasteiger partial charge on any atom is -0.393 e. The van der Waals surface area contributed by atoms with Crippen LogP contribution < -0.4 is 0 Å². The van der Waals surface area contributed by atoms with Crippen LogP contribution >= 0.6 is 0 Å². The zero-order valence-corrected chi connectivity index (χ0v) is 9.48. The fourth-order valence-electron chi connectivity index (χ4n) is 1.93. The first-order valence-electron chi connectivity index (χ1n) is 5.53. The first-order valence-corrected chi connectivity index (χ1v) is 5.53. The molecular weight excluding hydrogens is 190 g/mol. The molecule has 2 rings (SSSR count). The lowest BCUT2D eigenvalue weighted by molar-refractivity contribution is 0.141. The number of likely N-dealkylation sites (N-methyl/N-ethyl adjacent to an activating group) is 1. The molecule has 0 fully saturated rings. The summed E-state index contributed by atoms with van der Waals surface area (Å²) in [4.78, 5) is 6.71. The third-order valence-corrected chi connectivity index (χ3v) is 2.85. The fourth-order valence-corrected chi connectivity index (χ4v) is 1.93. The van der Waals surface area contributed by atoms with E-state index in [1.165, 1.54) is 0 Å². The van der Waals surface area contributed by atoms with Crippen LogP contribution in [0.25, 0.3) is 0 Å². The van der Waals surface area contributed by atoms with Crippen LogP contribution in [0.1, 0.15) is 17.9 Å². The molecule has 1 aromatic heterocycles. The molecule has 1 aromatic rings. The molecule has 1 atom stereocenters. The van der Waals surface area contributed by atoms with Crippen molar-refractivity contribution >= 4 is 0 Å². The summed E-state index contributed by atoms with van der Waals surface area (Å²) in [5.74, 6) is 1.04. The van der Waals surface area contributed by atoms with Crippen molar-refractivity contribution in [2.24, 2.45) is 0 Å². The molecule has 1 N–H and O–H groups in total. The lowest BCUT2D eigenvalue weighted by Crippen LogP contribution is -2.22. The molecule has 0 spiro atoms. The predicted molar refractivity (Wildman–Crippen MR) is 58.8 cm³/mol. The number of nitrogens with zero attached hydrogens (tertiary/aromatic N) is 3. The Morgan fingerprint density at radius 3 is 3.13 bits per heavy atom. The zero-order chi connectivity index (χ0) is 10.8. The van der Waals surface area contributed by atoms with Crippen LogP contribution in [-0.2, 0) is 19.4 Å². The number of imidazole rings is 1. The first-order chi connectivity index (χ1) is 7.15. The Kier molecular flexibility index (Phi) is 3.07. The summed E-state index contributed by atoms with van der Waals surface area (Å²) >= 11 is 0. The lowest BCUT2D eigenvalue weighted by atomic mass is 10.1. The molecule has 0 saturated heterocycles. The normalized spacial score (nSPS) is 20.7. The van der Waals surface area contributed by atoms with E-state index in [4.69, 9.17) is 0 Å². The van der Waals surface area contributed by atoms with Crippen LogP contribution in [0, 0.1) is 0 Å². The van der Waals surface area contributed by atoms with Gasteiger partial charge in [0.1, 0.15) is 5.82 Å². The van der Waals surface area contributed by atoms with Crippen LogP contribution in [0.2, 0.25) is 0 Å². The summed E-state index contributed by atoms with van der Waals surface area (Å²) in [6, 6.07) is 0. The average molecular weight is 209 g/mol. The molecule has 0 radical (unpaired) electrons. The van der Waals surface area contributed by atoms with Crippen molar-refractivity contribution in [3.8, 4) is 0 Å². The Labute approximate surface area is 90.5 Å². The number of fused-ring (bicyclic) bond motifs is 1. The molecule has 84 valence electrons. The Morgan fingerprint density at radius 1 is 1.60 bits per heavy atom. The largest absolute Gasteiger partial charge is 0.393 e. The maximum Gasteiger partial charge on any atom is 0.111 e. The van der Waals surface area contributed by atoms with Gasteiger partial charge in [0.05, 0.1) is 11.8 Å². The second kappa shape index (κ2) is 4.33. The molecule has 0 aromatic carbocycles. The van der Waals surface area contributed by atoms with Crippen molar-refractivity contribution in [3.05, 3.63) is 17.7 Å². The van der Waals surface area contributed by atoms with Gasteiger partial charge in [0.25, 0.3) is 0 Å². The Morgan fingerprint density at radius 2 is 2.40 bits per heavy atom. The molecule has 1 aliphatic rings. The third kappa shape index (κ3) is 2.58. The van der Waals surface area contributed by atoms with Gasteiger partial charge in [-0.2, -0.15) is 0 Å². The summed E-state index contributed by atoms with van der Waals surface area (Å²) in [7, 11) is 4.14. The SMILES string of the molecule is CN(C)CCc1cn2c(n1)CC(O)CC2. The monoisotopic (exact) mass is 209 g/mol. The van der Waals surface area contributed by atoms with E-state index in [1.807, 2.05) is 0 Å². The van der Waals surface area contributed by atoms with Gasteiger partial charge < -0.3 is 14.6 Å². The molecule has 4 nitrogen and oxygen atoms in total. The van der Waals surface area contributed by atoms with E-state index in [-0.39, 0.29) is 6.10 Å². The number of aryl methyl sites for hydroxylation is 1. The van der Waals surface area contributed by atoms with Gasteiger partial charge in [-0.1, -0.05) is 0 Å². The second-order valence-corrected chi connectivity index (χ2v) is 4.54. The Hall–Kier alpha value is -0.870. The van der Waals surface area contributed by atoms with Gasteiger partial charge in [0.15, 0.2) is 0 Å². The fraction of sp³-hybridized carbons (Fsp3) is 0.727.